The number of carbonyl (C=O) groups is 2. The molecule has 4 rings (SSSR count). The van der Waals surface area contributed by atoms with Gasteiger partial charge in [0.05, 0.1) is 29.8 Å². The fourth-order valence-corrected chi connectivity index (χ4v) is 3.80. The van der Waals surface area contributed by atoms with E-state index in [-0.39, 0.29) is 18.5 Å². The molecule has 1 fully saturated rings. The number of ether oxygens (including phenoxy) is 1. The number of fused-ring (bicyclic) bond motifs is 1. The Kier molecular flexibility index (Phi) is 6.43. The highest BCUT2D eigenvalue weighted by Gasteiger charge is 2.25. The van der Waals surface area contributed by atoms with Crippen molar-refractivity contribution in [3.63, 3.8) is 0 Å². The van der Waals surface area contributed by atoms with E-state index in [4.69, 9.17) is 9.72 Å². The number of piperidine rings is 1. The van der Waals surface area contributed by atoms with E-state index in [0.29, 0.717) is 18.9 Å². The first kappa shape index (κ1) is 22.5. The van der Waals surface area contributed by atoms with Gasteiger partial charge in [-0.15, -0.1) is 0 Å². The van der Waals surface area contributed by atoms with E-state index < -0.39 is 11.7 Å². The van der Waals surface area contributed by atoms with Gasteiger partial charge >= 0.3 is 6.09 Å². The molecule has 2 amide bonds. The number of alkyl carbamates (subject to hydrolysis) is 1. The predicted octanol–water partition coefficient (Wildman–Crippen LogP) is 2.72. The van der Waals surface area contributed by atoms with Gasteiger partial charge in [0.15, 0.2) is 0 Å². The minimum Gasteiger partial charge on any atom is -0.444 e. The maximum Gasteiger partial charge on any atom is 0.408 e. The van der Waals surface area contributed by atoms with Gasteiger partial charge in [-0.1, -0.05) is 6.07 Å². The van der Waals surface area contributed by atoms with Gasteiger partial charge < -0.3 is 20.3 Å². The quantitative estimate of drug-likeness (QED) is 0.613. The number of hydrogen-bond acceptors (Lipinski definition) is 7. The Hall–Kier alpha value is -3.69. The minimum absolute atomic E-state index is 0.0395. The lowest BCUT2D eigenvalue weighted by Gasteiger charge is -2.33. The molecule has 1 aliphatic rings. The number of hydrogen-bond donors (Lipinski definition) is 2. The van der Waals surface area contributed by atoms with Crippen LogP contribution >= 0.6 is 0 Å². The molecule has 10 heteroatoms. The Morgan fingerprint density at radius 2 is 2.06 bits per heavy atom. The van der Waals surface area contributed by atoms with E-state index in [2.05, 4.69) is 20.7 Å². The van der Waals surface area contributed by atoms with Crippen LogP contribution in [-0.4, -0.2) is 67.8 Å². The van der Waals surface area contributed by atoms with Gasteiger partial charge in [-0.2, -0.15) is 5.10 Å². The number of nitrogens with one attached hydrogen (secondary N) is 2. The van der Waals surface area contributed by atoms with E-state index in [9.17, 15) is 9.59 Å². The first-order chi connectivity index (χ1) is 15.8. The highest BCUT2D eigenvalue weighted by molar-refractivity contribution is 5.82. The zero-order valence-electron chi connectivity index (χ0n) is 19.1. The van der Waals surface area contributed by atoms with Crippen LogP contribution in [0, 0.1) is 0 Å². The number of nitrogens with zero attached hydrogens (tertiary/aromatic N) is 5. The molecule has 1 saturated heterocycles. The number of anilines is 1. The molecule has 3 aromatic heterocycles. The molecule has 10 nitrogen and oxygen atoms in total. The zero-order chi connectivity index (χ0) is 23.4. The molecule has 0 bridgehead atoms. The molecule has 33 heavy (non-hydrogen) atoms. The van der Waals surface area contributed by atoms with E-state index in [1.807, 2.05) is 24.4 Å². The molecule has 0 saturated carbocycles. The molecular formula is C23H29N7O3. The van der Waals surface area contributed by atoms with Gasteiger partial charge in [-0.05, 0) is 45.7 Å². The SMILES string of the molecule is CC(C)(C)OC(=O)NCC(=O)N1CCCC(Nc2cncc(-c3cnn4ccccc34)n2)C1. The third kappa shape index (κ3) is 5.76. The number of likely N-dealkylation sites (tertiary alicyclic amines) is 1. The maximum absolute atomic E-state index is 12.6. The molecule has 3 aromatic rings. The molecule has 2 N–H and O–H groups in total. The summed E-state index contributed by atoms with van der Waals surface area (Å²) < 4.78 is 6.99. The van der Waals surface area contributed by atoms with Crippen LogP contribution in [0.3, 0.4) is 0 Å². The number of pyridine rings is 1. The van der Waals surface area contributed by atoms with E-state index >= 15 is 0 Å². The molecule has 4 heterocycles. The molecule has 0 aliphatic carbocycles. The molecule has 1 unspecified atom stereocenters. The van der Waals surface area contributed by atoms with E-state index in [0.717, 1.165) is 29.6 Å². The van der Waals surface area contributed by atoms with Crippen LogP contribution in [0.1, 0.15) is 33.6 Å². The Balaban J connectivity index is 1.36. The number of amides is 2. The summed E-state index contributed by atoms with van der Waals surface area (Å²) in [4.78, 5) is 35.2. The minimum atomic E-state index is -0.605. The van der Waals surface area contributed by atoms with Crippen LogP contribution in [0.2, 0.25) is 0 Å². The second kappa shape index (κ2) is 9.43. The van der Waals surface area contributed by atoms with Crippen molar-refractivity contribution in [2.24, 2.45) is 0 Å². The summed E-state index contributed by atoms with van der Waals surface area (Å²) in [5, 5.41) is 10.3. The summed E-state index contributed by atoms with van der Waals surface area (Å²) in [6, 6.07) is 5.91. The third-order valence-electron chi connectivity index (χ3n) is 5.25. The second-order valence-corrected chi connectivity index (χ2v) is 9.06. The van der Waals surface area contributed by atoms with Crippen molar-refractivity contribution in [3.05, 3.63) is 43.0 Å². The molecule has 1 atom stereocenters. The van der Waals surface area contributed by atoms with Crippen molar-refractivity contribution in [1.29, 1.82) is 0 Å². The highest BCUT2D eigenvalue weighted by atomic mass is 16.6. The summed E-state index contributed by atoms with van der Waals surface area (Å²) in [7, 11) is 0. The van der Waals surface area contributed by atoms with Gasteiger partial charge in [-0.3, -0.25) is 9.78 Å². The highest BCUT2D eigenvalue weighted by Crippen LogP contribution is 2.23. The van der Waals surface area contributed by atoms with Crippen LogP contribution < -0.4 is 10.6 Å². The van der Waals surface area contributed by atoms with Gasteiger partial charge in [0.1, 0.15) is 18.0 Å². The molecule has 1 aliphatic heterocycles. The van der Waals surface area contributed by atoms with Gasteiger partial charge in [0.2, 0.25) is 5.91 Å². The number of carbonyl (C=O) groups excluding carboxylic acids is 2. The van der Waals surface area contributed by atoms with Crippen molar-refractivity contribution < 1.29 is 14.3 Å². The average Bonchev–Trinajstić information content (AvgIpc) is 3.21. The maximum atomic E-state index is 12.6. The van der Waals surface area contributed by atoms with Gasteiger partial charge in [0.25, 0.3) is 0 Å². The summed E-state index contributed by atoms with van der Waals surface area (Å²) in [6.45, 7) is 6.43. The lowest BCUT2D eigenvalue weighted by molar-refractivity contribution is -0.131. The summed E-state index contributed by atoms with van der Waals surface area (Å²) in [6.07, 6.45) is 8.24. The third-order valence-corrected chi connectivity index (χ3v) is 5.25. The Morgan fingerprint density at radius 3 is 2.88 bits per heavy atom. The van der Waals surface area contributed by atoms with Crippen LogP contribution in [0.4, 0.5) is 10.6 Å². The number of aromatic nitrogens is 4. The van der Waals surface area contributed by atoms with Crippen LogP contribution in [0.15, 0.2) is 43.0 Å². The zero-order valence-corrected chi connectivity index (χ0v) is 19.1. The molecule has 0 radical (unpaired) electrons. The summed E-state index contributed by atoms with van der Waals surface area (Å²) >= 11 is 0. The Labute approximate surface area is 192 Å². The molecular weight excluding hydrogens is 422 g/mol. The lowest BCUT2D eigenvalue weighted by atomic mass is 10.1. The topological polar surface area (TPSA) is 114 Å². The van der Waals surface area contributed by atoms with E-state index in [1.165, 1.54) is 0 Å². The lowest BCUT2D eigenvalue weighted by Crippen LogP contribution is -2.49. The standard InChI is InChI=1S/C23H29N7O3/c1-23(2,3)33-22(32)25-14-21(31)29-9-6-7-16(15-29)27-20-13-24-12-18(28-20)17-11-26-30-10-5-4-8-19(17)30/h4-5,8,10-13,16H,6-7,9,14-15H2,1-3H3,(H,25,32)(H,27,28). The van der Waals surface area contributed by atoms with Crippen molar-refractivity contribution >= 4 is 23.3 Å². The van der Waals surface area contributed by atoms with Gasteiger partial charge in [0, 0.05) is 30.9 Å². The van der Waals surface area contributed by atoms with Crippen molar-refractivity contribution in [2.75, 3.05) is 25.0 Å². The summed E-state index contributed by atoms with van der Waals surface area (Å²) in [5.74, 6) is 0.507. The Bertz CT molecular complexity index is 1140. The summed E-state index contributed by atoms with van der Waals surface area (Å²) in [5.41, 5.74) is 1.98. The normalized spacial score (nSPS) is 16.5. The van der Waals surface area contributed by atoms with Crippen molar-refractivity contribution in [2.45, 2.75) is 45.3 Å². The predicted molar refractivity (Wildman–Crippen MR) is 124 cm³/mol. The molecule has 0 spiro atoms. The Morgan fingerprint density at radius 1 is 1.21 bits per heavy atom. The first-order valence-electron chi connectivity index (χ1n) is 11.0. The van der Waals surface area contributed by atoms with Crippen molar-refractivity contribution in [3.8, 4) is 11.3 Å². The molecule has 174 valence electrons. The fraction of sp³-hybridized carbons (Fsp3) is 0.435. The first-order valence-corrected chi connectivity index (χ1v) is 11.0. The smallest absolute Gasteiger partial charge is 0.408 e. The molecule has 0 aromatic carbocycles. The fourth-order valence-electron chi connectivity index (χ4n) is 3.80. The van der Waals surface area contributed by atoms with Crippen LogP contribution in [0.5, 0.6) is 0 Å². The van der Waals surface area contributed by atoms with E-state index in [1.54, 1.807) is 48.8 Å². The number of rotatable bonds is 5. The average molecular weight is 452 g/mol. The van der Waals surface area contributed by atoms with Crippen LogP contribution in [0.25, 0.3) is 16.8 Å². The van der Waals surface area contributed by atoms with Crippen molar-refractivity contribution in [1.82, 2.24) is 29.8 Å². The second-order valence-electron chi connectivity index (χ2n) is 9.06. The van der Waals surface area contributed by atoms with Crippen LogP contribution in [-0.2, 0) is 9.53 Å². The largest absolute Gasteiger partial charge is 0.444 e. The van der Waals surface area contributed by atoms with Gasteiger partial charge in [-0.25, -0.2) is 14.3 Å². The monoisotopic (exact) mass is 451 g/mol.